The molecular weight excluding hydrogens is 1090 g/mol. The fourth-order valence-electron chi connectivity index (χ4n) is 10.8. The van der Waals surface area contributed by atoms with Crippen LogP contribution in [0.15, 0.2) is 289 Å². The van der Waals surface area contributed by atoms with E-state index in [4.69, 9.17) is 24.5 Å². The van der Waals surface area contributed by atoms with Gasteiger partial charge in [0.25, 0.3) is 11.8 Å². The van der Waals surface area contributed by atoms with Crippen LogP contribution in [0.3, 0.4) is 0 Å². The molecule has 14 heteroatoms. The number of carbonyl (C=O) groups is 3. The summed E-state index contributed by atoms with van der Waals surface area (Å²) in [4.78, 5) is 59.1. The minimum atomic E-state index is -1.40. The molecule has 1 aromatic heterocycles. The number of β-lactam (4-membered cyclic amide) rings is 1. The SMILES string of the molecule is O=C(OC(c1ccccc1)c1ccccc1)C1=C(COc2ccc(F)cc2)CS[C@@H]2C(NC(=O)/C(=N/OC(c3ccccc3)(c3ccccc3)c3ccccc3)c3csc(NC(c4ccccc4)(c4ccccc4)c4ccccc4)n3)C(=O)N12. The molecule has 0 aliphatic carbocycles. The van der Waals surface area contributed by atoms with Gasteiger partial charge in [-0.15, -0.1) is 23.1 Å². The third-order valence-electron chi connectivity index (χ3n) is 14.9. The average molecular weight is 1140 g/mol. The smallest absolute Gasteiger partial charge is 0.356 e. The zero-order valence-corrected chi connectivity index (χ0v) is 46.7. The van der Waals surface area contributed by atoms with Gasteiger partial charge < -0.3 is 24.9 Å². The Morgan fingerprint density at radius 3 is 1.51 bits per heavy atom. The average Bonchev–Trinajstić information content (AvgIpc) is 1.47. The maximum atomic E-state index is 15.6. The van der Waals surface area contributed by atoms with Crippen LogP contribution in [0.4, 0.5) is 9.52 Å². The number of amides is 2. The highest BCUT2D eigenvalue weighted by atomic mass is 32.2. The van der Waals surface area contributed by atoms with E-state index < -0.39 is 52.3 Å². The summed E-state index contributed by atoms with van der Waals surface area (Å²) in [6.45, 7) is -0.113. The molecule has 11 nitrogen and oxygen atoms in total. The molecule has 1 saturated heterocycles. The summed E-state index contributed by atoms with van der Waals surface area (Å²) in [5.41, 5.74) is 4.56. The molecule has 2 aliphatic rings. The Hall–Kier alpha value is -9.89. The molecule has 2 N–H and O–H groups in total. The van der Waals surface area contributed by atoms with Crippen LogP contribution in [0.5, 0.6) is 5.75 Å². The number of hydrogen-bond donors (Lipinski definition) is 2. The van der Waals surface area contributed by atoms with Crippen LogP contribution in [0.1, 0.15) is 56.3 Å². The molecule has 84 heavy (non-hydrogen) atoms. The quantitative estimate of drug-likeness (QED) is 0.0252. The number of fused-ring (bicyclic) bond motifs is 1. The third-order valence-corrected chi connectivity index (χ3v) is 17.0. The first-order chi connectivity index (χ1) is 41.3. The highest BCUT2D eigenvalue weighted by Crippen LogP contribution is 2.45. The number of thioether (sulfide) groups is 1. The molecule has 0 saturated carbocycles. The Kier molecular flexibility index (Phi) is 16.1. The molecule has 0 radical (unpaired) electrons. The molecule has 12 rings (SSSR count). The van der Waals surface area contributed by atoms with Crippen molar-refractivity contribution in [2.45, 2.75) is 28.7 Å². The highest BCUT2D eigenvalue weighted by molar-refractivity contribution is 8.00. The van der Waals surface area contributed by atoms with Gasteiger partial charge in [0.05, 0.1) is 0 Å². The molecule has 0 spiro atoms. The molecule has 2 aliphatic heterocycles. The Labute approximate surface area is 494 Å². The number of oxime groups is 1. The van der Waals surface area contributed by atoms with Crippen molar-refractivity contribution in [1.29, 1.82) is 0 Å². The largest absolute Gasteiger partial charge is 0.489 e. The lowest BCUT2D eigenvalue weighted by Gasteiger charge is -2.49. The second-order valence-corrected chi connectivity index (χ2v) is 21.9. The normalized spacial score (nSPS) is 15.1. The van der Waals surface area contributed by atoms with Gasteiger partial charge >= 0.3 is 5.97 Å². The maximum Gasteiger partial charge on any atom is 0.356 e. The number of aromatic nitrogens is 1. The van der Waals surface area contributed by atoms with Gasteiger partial charge in [0.2, 0.25) is 5.60 Å². The van der Waals surface area contributed by atoms with Crippen molar-refractivity contribution in [2.24, 2.45) is 5.16 Å². The fourth-order valence-corrected chi connectivity index (χ4v) is 12.9. The second kappa shape index (κ2) is 24.7. The standard InChI is InChI=1S/C70H54FN5O6S2/c71-57-41-43-58(44-42-57)80-45-50-46-83-66-61(65(78)76(66)62(50)67(79)81-63(48-25-9-1-10-26-48)49-27-11-2-12-28-49)73-64(77)60(75-82-70(54-35-19-6-20-36-54,55-37-21-7-22-38-55)56-39-23-8-24-40-56)59-47-84-68(72-59)74-69(51-29-13-3-14-30-51,52-31-15-4-16-32-52)53-33-17-5-18-34-53/h1-44,47,61,63,66H,45-46H2,(H,72,74)(H,73,77)/b75-60+/t61?,66-/m1/s1. The van der Waals surface area contributed by atoms with Gasteiger partial charge in [-0.2, -0.15) is 0 Å². The van der Waals surface area contributed by atoms with Gasteiger partial charge in [-0.3, -0.25) is 14.5 Å². The first kappa shape index (κ1) is 54.7. The van der Waals surface area contributed by atoms with Crippen molar-refractivity contribution in [1.82, 2.24) is 15.2 Å². The van der Waals surface area contributed by atoms with Crippen LogP contribution in [-0.2, 0) is 35.1 Å². The molecular formula is C70H54FN5O6S2. The number of ether oxygens (including phenoxy) is 2. The Morgan fingerprint density at radius 2 is 1.05 bits per heavy atom. The predicted octanol–water partition coefficient (Wildman–Crippen LogP) is 13.5. The topological polar surface area (TPSA) is 131 Å². The number of halogens is 1. The number of anilines is 1. The van der Waals surface area contributed by atoms with E-state index >= 15 is 9.59 Å². The summed E-state index contributed by atoms with van der Waals surface area (Å²) in [5.74, 6) is -1.91. The van der Waals surface area contributed by atoms with Crippen LogP contribution < -0.4 is 15.4 Å². The second-order valence-electron chi connectivity index (χ2n) is 20.0. The lowest BCUT2D eigenvalue weighted by molar-refractivity contribution is -0.154. The van der Waals surface area contributed by atoms with Crippen LogP contribution in [0.2, 0.25) is 0 Å². The van der Waals surface area contributed by atoms with Crippen LogP contribution in [0.25, 0.3) is 0 Å². The number of esters is 1. The molecule has 2 amide bonds. The Morgan fingerprint density at radius 1 is 0.607 bits per heavy atom. The zero-order valence-electron chi connectivity index (χ0n) is 45.1. The minimum absolute atomic E-state index is 0.00207. The first-order valence-corrected chi connectivity index (χ1v) is 29.2. The molecule has 9 aromatic carbocycles. The van der Waals surface area contributed by atoms with Gasteiger partial charge in [-0.25, -0.2) is 14.2 Å². The monoisotopic (exact) mass is 1140 g/mol. The van der Waals surface area contributed by atoms with E-state index in [0.29, 0.717) is 16.5 Å². The van der Waals surface area contributed by atoms with Crippen molar-refractivity contribution in [3.63, 3.8) is 0 Å². The predicted molar refractivity (Wildman–Crippen MR) is 327 cm³/mol. The van der Waals surface area contributed by atoms with Crippen LogP contribution in [-0.4, -0.2) is 57.2 Å². The van der Waals surface area contributed by atoms with Crippen LogP contribution in [0, 0.1) is 5.82 Å². The van der Waals surface area contributed by atoms with Gasteiger partial charge in [-0.1, -0.05) is 248 Å². The van der Waals surface area contributed by atoms with E-state index in [1.54, 1.807) is 5.38 Å². The number of carbonyl (C=O) groups excluding carboxylic acids is 3. The van der Waals surface area contributed by atoms with E-state index in [1.807, 2.05) is 206 Å². The van der Waals surface area contributed by atoms with Crippen molar-refractivity contribution >= 4 is 51.7 Å². The summed E-state index contributed by atoms with van der Waals surface area (Å²) < 4.78 is 26.5. The number of nitrogens with one attached hydrogen (secondary N) is 2. The summed E-state index contributed by atoms with van der Waals surface area (Å²) in [5, 5.41) is 13.2. The highest BCUT2D eigenvalue weighted by Gasteiger charge is 2.55. The third kappa shape index (κ3) is 11.0. The Bertz CT molecular complexity index is 3710. The number of rotatable bonds is 20. The van der Waals surface area contributed by atoms with E-state index in [0.717, 1.165) is 44.5 Å². The number of hydrogen-bond acceptors (Lipinski definition) is 11. The summed E-state index contributed by atoms with van der Waals surface area (Å²) >= 11 is 2.65. The molecule has 1 fully saturated rings. The van der Waals surface area contributed by atoms with Crippen LogP contribution >= 0.6 is 23.1 Å². The molecule has 1 unspecified atom stereocenters. The molecule has 0 bridgehead atoms. The first-order valence-electron chi connectivity index (χ1n) is 27.3. The minimum Gasteiger partial charge on any atom is -0.489 e. The molecule has 3 heterocycles. The maximum absolute atomic E-state index is 15.6. The van der Waals surface area contributed by atoms with Gasteiger partial charge in [0.15, 0.2) is 16.9 Å². The summed E-state index contributed by atoms with van der Waals surface area (Å²) in [7, 11) is 0. The number of nitrogens with zero attached hydrogens (tertiary/aromatic N) is 3. The zero-order chi connectivity index (χ0) is 57.3. The van der Waals surface area contributed by atoms with Gasteiger partial charge in [0, 0.05) is 33.4 Å². The van der Waals surface area contributed by atoms with Crippen molar-refractivity contribution in [3.8, 4) is 5.75 Å². The van der Waals surface area contributed by atoms with E-state index in [2.05, 4.69) is 47.0 Å². The summed E-state index contributed by atoms with van der Waals surface area (Å²) in [6.07, 6.45) is -0.837. The molecule has 10 aromatic rings. The summed E-state index contributed by atoms with van der Waals surface area (Å²) in [6, 6.07) is 82.5. The Balaban J connectivity index is 0.933. The fraction of sp³-hybridized carbons (Fsp3) is 0.100. The van der Waals surface area contributed by atoms with Crippen molar-refractivity contribution < 1.29 is 33.1 Å². The van der Waals surface area contributed by atoms with E-state index in [1.165, 1.54) is 52.3 Å². The number of benzene rings is 9. The van der Waals surface area contributed by atoms with E-state index in [9.17, 15) is 9.18 Å². The van der Waals surface area contributed by atoms with E-state index in [-0.39, 0.29) is 29.5 Å². The lowest BCUT2D eigenvalue weighted by atomic mass is 9.77. The molecule has 2 atom stereocenters. The van der Waals surface area contributed by atoms with Crippen molar-refractivity contribution in [3.05, 3.63) is 340 Å². The van der Waals surface area contributed by atoms with Crippen molar-refractivity contribution in [2.75, 3.05) is 17.7 Å². The lowest BCUT2D eigenvalue weighted by Crippen LogP contribution is -2.71. The van der Waals surface area contributed by atoms with Gasteiger partial charge in [0.1, 0.15) is 46.5 Å². The molecule has 414 valence electrons. The number of thiazole rings is 1. The van der Waals surface area contributed by atoms with Gasteiger partial charge in [-0.05, 0) is 52.1 Å².